The Kier molecular flexibility index (Phi) is 8.62. The molecule has 0 bridgehead atoms. The van der Waals surface area contributed by atoms with E-state index >= 15 is 0 Å². The molecule has 9 nitrogen and oxygen atoms in total. The first kappa shape index (κ1) is 25.2. The number of carbonyl (C=O) groups is 2. The van der Waals surface area contributed by atoms with Gasteiger partial charge in [0.1, 0.15) is 5.75 Å². The van der Waals surface area contributed by atoms with E-state index in [-0.39, 0.29) is 29.8 Å². The normalized spacial score (nSPS) is 11.5. The Morgan fingerprint density at radius 3 is 2.06 bits per heavy atom. The van der Waals surface area contributed by atoms with Crippen LogP contribution in [-0.4, -0.2) is 40.4 Å². The van der Waals surface area contributed by atoms with E-state index < -0.39 is 21.8 Å². The zero-order chi connectivity index (χ0) is 23.8. The summed E-state index contributed by atoms with van der Waals surface area (Å²) in [6, 6.07) is 13.6. The fraction of sp³-hybridized carbons (Fsp3) is 0.364. The standard InChI is InChI=1S/C22H30N4O5S/c1-22(2,3)16-5-11-19(12-6-16)32(29,30)24-14-13-20(27)25-26-21(28)15-23-17-7-9-18(31-4)10-8-17/h5-12,23-24H,13-15H2,1-4H3,(H,25,27)(H,26,28). The van der Waals surface area contributed by atoms with Crippen molar-refractivity contribution in [3.8, 4) is 5.75 Å². The van der Waals surface area contributed by atoms with Gasteiger partial charge in [0, 0.05) is 18.7 Å². The van der Waals surface area contributed by atoms with E-state index in [2.05, 4.69) is 20.9 Å². The first-order chi connectivity index (χ1) is 15.0. The summed E-state index contributed by atoms with van der Waals surface area (Å²) in [4.78, 5) is 23.8. The molecule has 0 spiro atoms. The lowest BCUT2D eigenvalue weighted by atomic mass is 9.87. The number of hydrogen-bond donors (Lipinski definition) is 4. The van der Waals surface area contributed by atoms with E-state index in [1.807, 2.05) is 20.8 Å². The van der Waals surface area contributed by atoms with Crippen LogP contribution in [0.5, 0.6) is 5.75 Å². The van der Waals surface area contributed by atoms with Crippen LogP contribution in [0.25, 0.3) is 0 Å². The van der Waals surface area contributed by atoms with Crippen LogP contribution in [0.3, 0.4) is 0 Å². The maximum absolute atomic E-state index is 12.4. The molecule has 0 fully saturated rings. The fourth-order valence-electron chi connectivity index (χ4n) is 2.65. The van der Waals surface area contributed by atoms with Gasteiger partial charge in [0.2, 0.25) is 15.9 Å². The van der Waals surface area contributed by atoms with E-state index in [1.54, 1.807) is 55.6 Å². The monoisotopic (exact) mass is 462 g/mol. The molecule has 0 unspecified atom stereocenters. The van der Waals surface area contributed by atoms with Gasteiger partial charge in [-0.05, 0) is 47.4 Å². The number of amides is 2. The molecule has 0 aliphatic carbocycles. The number of carbonyl (C=O) groups excluding carboxylic acids is 2. The number of anilines is 1. The SMILES string of the molecule is COc1ccc(NCC(=O)NNC(=O)CCNS(=O)(=O)c2ccc(C(C)(C)C)cc2)cc1. The number of benzene rings is 2. The second kappa shape index (κ2) is 11.0. The van der Waals surface area contributed by atoms with Crippen molar-refractivity contribution in [3.05, 3.63) is 54.1 Å². The van der Waals surface area contributed by atoms with Crippen LogP contribution in [0.4, 0.5) is 5.69 Å². The quantitative estimate of drug-likeness (QED) is 0.422. The minimum absolute atomic E-state index is 0.0518. The van der Waals surface area contributed by atoms with Gasteiger partial charge in [-0.1, -0.05) is 32.9 Å². The number of hydrazine groups is 1. The summed E-state index contributed by atoms with van der Waals surface area (Å²) < 4.78 is 32.2. The van der Waals surface area contributed by atoms with Gasteiger partial charge in [-0.25, -0.2) is 13.1 Å². The first-order valence-electron chi connectivity index (χ1n) is 10.1. The van der Waals surface area contributed by atoms with Crippen molar-refractivity contribution < 1.29 is 22.7 Å². The second-order valence-electron chi connectivity index (χ2n) is 8.10. The van der Waals surface area contributed by atoms with E-state index in [0.717, 1.165) is 11.3 Å². The van der Waals surface area contributed by atoms with Crippen molar-refractivity contribution in [3.63, 3.8) is 0 Å². The van der Waals surface area contributed by atoms with E-state index in [1.165, 1.54) is 0 Å². The van der Waals surface area contributed by atoms with Gasteiger partial charge >= 0.3 is 0 Å². The Morgan fingerprint density at radius 1 is 0.906 bits per heavy atom. The summed E-state index contributed by atoms with van der Waals surface area (Å²) in [5.41, 5.74) is 6.19. The number of ether oxygens (including phenoxy) is 1. The third kappa shape index (κ3) is 7.86. The van der Waals surface area contributed by atoms with Gasteiger partial charge in [0.25, 0.3) is 5.91 Å². The van der Waals surface area contributed by atoms with Gasteiger partial charge in [-0.3, -0.25) is 20.4 Å². The average molecular weight is 463 g/mol. The molecule has 2 rings (SSSR count). The minimum atomic E-state index is -3.73. The van der Waals surface area contributed by atoms with Crippen LogP contribution in [0.1, 0.15) is 32.8 Å². The molecular weight excluding hydrogens is 432 g/mol. The first-order valence-corrected chi connectivity index (χ1v) is 11.6. The molecule has 0 heterocycles. The van der Waals surface area contributed by atoms with Gasteiger partial charge in [0.15, 0.2) is 0 Å². The summed E-state index contributed by atoms with van der Waals surface area (Å²) >= 11 is 0. The van der Waals surface area contributed by atoms with E-state index in [4.69, 9.17) is 4.74 Å². The van der Waals surface area contributed by atoms with Gasteiger partial charge in [-0.2, -0.15) is 0 Å². The van der Waals surface area contributed by atoms with Crippen LogP contribution in [-0.2, 0) is 25.0 Å². The lowest BCUT2D eigenvalue weighted by molar-refractivity contribution is -0.127. The predicted molar refractivity (Wildman–Crippen MR) is 123 cm³/mol. The molecule has 0 atom stereocenters. The van der Waals surface area contributed by atoms with E-state index in [9.17, 15) is 18.0 Å². The maximum atomic E-state index is 12.4. The van der Waals surface area contributed by atoms with Crippen molar-refractivity contribution in [1.29, 1.82) is 0 Å². The molecule has 0 radical (unpaired) electrons. The average Bonchev–Trinajstić information content (AvgIpc) is 2.76. The molecule has 0 aliphatic rings. The highest BCUT2D eigenvalue weighted by Crippen LogP contribution is 2.23. The molecule has 4 N–H and O–H groups in total. The molecule has 0 aliphatic heterocycles. The Labute approximate surface area is 189 Å². The van der Waals surface area contributed by atoms with Gasteiger partial charge in [-0.15, -0.1) is 0 Å². The van der Waals surface area contributed by atoms with Crippen molar-refractivity contribution in [2.24, 2.45) is 0 Å². The van der Waals surface area contributed by atoms with Crippen LogP contribution < -0.4 is 25.6 Å². The minimum Gasteiger partial charge on any atom is -0.497 e. The lowest BCUT2D eigenvalue weighted by Crippen LogP contribution is -2.45. The lowest BCUT2D eigenvalue weighted by Gasteiger charge is -2.19. The number of hydrogen-bond acceptors (Lipinski definition) is 6. The van der Waals surface area contributed by atoms with E-state index in [0.29, 0.717) is 5.75 Å². The van der Waals surface area contributed by atoms with Crippen LogP contribution >= 0.6 is 0 Å². The van der Waals surface area contributed by atoms with Crippen LogP contribution in [0.15, 0.2) is 53.4 Å². The van der Waals surface area contributed by atoms with Crippen molar-refractivity contribution in [1.82, 2.24) is 15.6 Å². The summed E-state index contributed by atoms with van der Waals surface area (Å²) in [7, 11) is -2.17. The molecule has 2 aromatic carbocycles. The van der Waals surface area contributed by atoms with Crippen molar-refractivity contribution in [2.45, 2.75) is 37.5 Å². The molecule has 2 amide bonds. The molecule has 0 saturated carbocycles. The number of nitrogens with one attached hydrogen (secondary N) is 4. The smallest absolute Gasteiger partial charge is 0.257 e. The third-order valence-corrected chi connectivity index (χ3v) is 6.04. The molecule has 2 aromatic rings. The Morgan fingerprint density at radius 2 is 1.50 bits per heavy atom. The molecule has 174 valence electrons. The topological polar surface area (TPSA) is 126 Å². The Balaban J connectivity index is 1.71. The van der Waals surface area contributed by atoms with Crippen LogP contribution in [0.2, 0.25) is 0 Å². The van der Waals surface area contributed by atoms with Gasteiger partial charge < -0.3 is 10.1 Å². The van der Waals surface area contributed by atoms with Crippen molar-refractivity contribution >= 4 is 27.5 Å². The summed E-state index contributed by atoms with van der Waals surface area (Å²) in [6.45, 7) is 5.98. The summed E-state index contributed by atoms with van der Waals surface area (Å²) in [5, 5.41) is 2.90. The fourth-order valence-corrected chi connectivity index (χ4v) is 3.69. The molecule has 32 heavy (non-hydrogen) atoms. The zero-order valence-corrected chi connectivity index (χ0v) is 19.5. The highest BCUT2D eigenvalue weighted by atomic mass is 32.2. The third-order valence-electron chi connectivity index (χ3n) is 4.56. The molecular formula is C22H30N4O5S. The van der Waals surface area contributed by atoms with Crippen molar-refractivity contribution in [2.75, 3.05) is 25.5 Å². The second-order valence-corrected chi connectivity index (χ2v) is 9.87. The number of rotatable bonds is 9. The summed E-state index contributed by atoms with van der Waals surface area (Å²) in [6.07, 6.45) is -0.133. The summed E-state index contributed by atoms with van der Waals surface area (Å²) in [5.74, 6) is -0.271. The number of sulfonamides is 1. The predicted octanol–water partition coefficient (Wildman–Crippen LogP) is 1.92. The molecule has 0 aromatic heterocycles. The molecule has 0 saturated heterocycles. The molecule has 10 heteroatoms. The maximum Gasteiger partial charge on any atom is 0.257 e. The van der Waals surface area contributed by atoms with Gasteiger partial charge in [0.05, 0.1) is 18.6 Å². The Hall–Kier alpha value is -3.11. The van der Waals surface area contributed by atoms with Crippen LogP contribution in [0, 0.1) is 0 Å². The highest BCUT2D eigenvalue weighted by Gasteiger charge is 2.17. The Bertz CT molecular complexity index is 1010. The highest BCUT2D eigenvalue weighted by molar-refractivity contribution is 7.89. The number of methoxy groups -OCH3 is 1. The largest absolute Gasteiger partial charge is 0.497 e. The zero-order valence-electron chi connectivity index (χ0n) is 18.7.